The van der Waals surface area contributed by atoms with Crippen LogP contribution in [-0.2, 0) is 11.8 Å². The molecule has 3 amide bonds. The van der Waals surface area contributed by atoms with Crippen molar-refractivity contribution in [2.24, 2.45) is 7.05 Å². The number of anilines is 2. The Bertz CT molecular complexity index is 888. The number of hydrogen-bond donors (Lipinski definition) is 2. The third-order valence-electron chi connectivity index (χ3n) is 5.01. The number of fused-ring (bicyclic) bond motifs is 1. The Labute approximate surface area is 149 Å². The van der Waals surface area contributed by atoms with Crippen molar-refractivity contribution in [1.29, 1.82) is 0 Å². The Morgan fingerprint density at radius 1 is 1.23 bits per heavy atom. The number of aryl methyl sites for hydroxylation is 1. The molecule has 0 unspecified atom stereocenters. The molecule has 2 saturated heterocycles. The molecule has 9 heteroatoms. The zero-order chi connectivity index (χ0) is 18.4. The van der Waals surface area contributed by atoms with Gasteiger partial charge in [-0.15, -0.1) is 0 Å². The molecule has 1 aromatic carbocycles. The first-order valence-corrected chi connectivity index (χ1v) is 8.64. The van der Waals surface area contributed by atoms with Crippen LogP contribution in [0.2, 0.25) is 0 Å². The summed E-state index contributed by atoms with van der Waals surface area (Å²) in [4.78, 5) is 26.7. The van der Waals surface area contributed by atoms with Gasteiger partial charge in [-0.25, -0.2) is 9.18 Å². The summed E-state index contributed by atoms with van der Waals surface area (Å²) < 4.78 is 16.4. The van der Waals surface area contributed by atoms with Crippen molar-refractivity contribution < 1.29 is 19.1 Å². The van der Waals surface area contributed by atoms with Gasteiger partial charge in [-0.05, 0) is 25.0 Å². The van der Waals surface area contributed by atoms with Crippen LogP contribution in [0.15, 0.2) is 12.1 Å². The molecule has 0 aliphatic carbocycles. The first-order chi connectivity index (χ1) is 12.4. The van der Waals surface area contributed by atoms with Crippen LogP contribution in [0.25, 0.3) is 10.9 Å². The molecular formula is C17H20FN5O3. The molecule has 0 bridgehead atoms. The van der Waals surface area contributed by atoms with Gasteiger partial charge in [-0.3, -0.25) is 19.7 Å². The van der Waals surface area contributed by atoms with E-state index in [4.69, 9.17) is 0 Å². The van der Waals surface area contributed by atoms with Crippen LogP contribution < -0.4 is 15.1 Å². The van der Waals surface area contributed by atoms with Gasteiger partial charge in [0, 0.05) is 38.5 Å². The number of benzene rings is 1. The second-order valence-corrected chi connectivity index (χ2v) is 6.74. The average molecular weight is 361 g/mol. The number of nitrogens with one attached hydrogen (secondary N) is 1. The van der Waals surface area contributed by atoms with Gasteiger partial charge in [0.25, 0.3) is 0 Å². The summed E-state index contributed by atoms with van der Waals surface area (Å²) in [6, 6.07) is 2.57. The van der Waals surface area contributed by atoms with E-state index in [9.17, 15) is 19.1 Å². The van der Waals surface area contributed by atoms with Gasteiger partial charge in [0.05, 0.1) is 17.3 Å². The largest absolute Gasteiger partial charge is 0.393 e. The van der Waals surface area contributed by atoms with Crippen molar-refractivity contribution >= 4 is 34.3 Å². The van der Waals surface area contributed by atoms with E-state index in [2.05, 4.69) is 10.4 Å². The molecular weight excluding hydrogens is 341 g/mol. The lowest BCUT2D eigenvalue weighted by atomic mass is 10.1. The molecule has 2 fully saturated rings. The van der Waals surface area contributed by atoms with Crippen molar-refractivity contribution in [2.75, 3.05) is 29.4 Å². The number of nitrogens with zero attached hydrogens (tertiary/aromatic N) is 4. The maximum absolute atomic E-state index is 14.8. The molecule has 8 nitrogen and oxygen atoms in total. The number of urea groups is 1. The smallest absolute Gasteiger partial charge is 0.329 e. The number of halogens is 1. The quantitative estimate of drug-likeness (QED) is 0.837. The van der Waals surface area contributed by atoms with Gasteiger partial charge >= 0.3 is 6.03 Å². The summed E-state index contributed by atoms with van der Waals surface area (Å²) in [6.45, 7) is 1.39. The molecule has 2 N–H and O–H groups in total. The minimum atomic E-state index is -0.546. The van der Waals surface area contributed by atoms with Crippen molar-refractivity contribution in [3.63, 3.8) is 0 Å². The minimum absolute atomic E-state index is 0.181. The highest BCUT2D eigenvalue weighted by molar-refractivity contribution is 6.09. The van der Waals surface area contributed by atoms with E-state index in [-0.39, 0.29) is 25.0 Å². The molecule has 26 heavy (non-hydrogen) atoms. The van der Waals surface area contributed by atoms with E-state index in [0.717, 1.165) is 0 Å². The van der Waals surface area contributed by atoms with E-state index in [1.165, 1.54) is 11.0 Å². The van der Waals surface area contributed by atoms with Gasteiger partial charge in [0.2, 0.25) is 5.91 Å². The third kappa shape index (κ3) is 2.78. The fourth-order valence-electron chi connectivity index (χ4n) is 3.56. The zero-order valence-electron chi connectivity index (χ0n) is 14.4. The molecule has 2 aliphatic heterocycles. The molecule has 2 aliphatic rings. The number of carbonyl (C=O) groups excluding carboxylic acids is 2. The Balaban J connectivity index is 1.73. The summed E-state index contributed by atoms with van der Waals surface area (Å²) in [5, 5.41) is 16.8. The molecule has 138 valence electrons. The maximum Gasteiger partial charge on any atom is 0.329 e. The van der Waals surface area contributed by atoms with Gasteiger partial charge in [0.15, 0.2) is 5.82 Å². The zero-order valence-corrected chi connectivity index (χ0v) is 14.4. The van der Waals surface area contributed by atoms with Gasteiger partial charge in [0.1, 0.15) is 5.82 Å². The van der Waals surface area contributed by atoms with Crippen LogP contribution in [0.5, 0.6) is 0 Å². The molecule has 2 aromatic rings. The number of aliphatic hydroxyl groups is 1. The van der Waals surface area contributed by atoms with Crippen LogP contribution in [0.1, 0.15) is 19.3 Å². The number of hydrogen-bond acceptors (Lipinski definition) is 5. The van der Waals surface area contributed by atoms with E-state index < -0.39 is 11.8 Å². The number of aromatic nitrogens is 2. The Morgan fingerprint density at radius 2 is 1.96 bits per heavy atom. The fourth-order valence-corrected chi connectivity index (χ4v) is 3.56. The molecule has 0 spiro atoms. The van der Waals surface area contributed by atoms with Gasteiger partial charge < -0.3 is 10.0 Å². The number of amides is 3. The normalized spacial score (nSPS) is 19.3. The van der Waals surface area contributed by atoms with Crippen molar-refractivity contribution in [2.45, 2.75) is 25.4 Å². The highest BCUT2D eigenvalue weighted by atomic mass is 19.1. The third-order valence-corrected chi connectivity index (χ3v) is 5.01. The minimum Gasteiger partial charge on any atom is -0.393 e. The molecule has 0 radical (unpaired) electrons. The van der Waals surface area contributed by atoms with Gasteiger partial charge in [-0.2, -0.15) is 5.10 Å². The number of aliphatic hydroxyl groups excluding tert-OH is 1. The lowest BCUT2D eigenvalue weighted by molar-refractivity contribution is -0.120. The van der Waals surface area contributed by atoms with Gasteiger partial charge in [-0.1, -0.05) is 0 Å². The molecule has 4 rings (SSSR count). The maximum atomic E-state index is 14.8. The number of imide groups is 1. The molecule has 0 atom stereocenters. The summed E-state index contributed by atoms with van der Waals surface area (Å²) in [6.07, 6.45) is 1.06. The fraction of sp³-hybridized carbons (Fsp3) is 0.471. The van der Waals surface area contributed by atoms with Crippen LogP contribution in [0.4, 0.5) is 20.7 Å². The predicted molar refractivity (Wildman–Crippen MR) is 93.6 cm³/mol. The lowest BCUT2D eigenvalue weighted by Crippen LogP contribution is -2.49. The summed E-state index contributed by atoms with van der Waals surface area (Å²) >= 11 is 0. The monoisotopic (exact) mass is 361 g/mol. The van der Waals surface area contributed by atoms with Crippen molar-refractivity contribution in [3.05, 3.63) is 17.9 Å². The second kappa shape index (κ2) is 6.24. The first-order valence-electron chi connectivity index (χ1n) is 8.64. The van der Waals surface area contributed by atoms with E-state index in [1.807, 2.05) is 4.90 Å². The molecule has 1 aromatic heterocycles. The first kappa shape index (κ1) is 16.8. The van der Waals surface area contributed by atoms with Crippen LogP contribution >= 0.6 is 0 Å². The highest BCUT2D eigenvalue weighted by Crippen LogP contribution is 2.33. The summed E-state index contributed by atoms with van der Waals surface area (Å²) in [7, 11) is 1.74. The Hall–Kier alpha value is -2.68. The van der Waals surface area contributed by atoms with E-state index in [0.29, 0.717) is 48.3 Å². The lowest BCUT2D eigenvalue weighted by Gasteiger charge is -2.31. The summed E-state index contributed by atoms with van der Waals surface area (Å²) in [5.74, 6) is -0.379. The molecule has 3 heterocycles. The average Bonchev–Trinajstić information content (AvgIpc) is 2.91. The highest BCUT2D eigenvalue weighted by Gasteiger charge is 2.29. The van der Waals surface area contributed by atoms with E-state index in [1.54, 1.807) is 17.8 Å². The topological polar surface area (TPSA) is 90.7 Å². The number of carbonyl (C=O) groups is 2. The summed E-state index contributed by atoms with van der Waals surface area (Å²) in [5.41, 5.74) is 1.17. The van der Waals surface area contributed by atoms with Crippen LogP contribution in [0, 0.1) is 5.82 Å². The van der Waals surface area contributed by atoms with E-state index >= 15 is 0 Å². The standard InChI is InChI=1S/C17H20FN5O3/c1-21-13-9-14(22-5-2-10(24)3-6-22)12(18)8-11(13)16(20-21)23-7-4-15(25)19-17(23)26/h8-10,24H,2-7H2,1H3,(H,19,25,26). The Kier molecular flexibility index (Phi) is 4.03. The predicted octanol–water partition coefficient (Wildman–Crippen LogP) is 1.12. The number of piperidine rings is 1. The molecule has 0 saturated carbocycles. The SMILES string of the molecule is Cn1nc(N2CCC(=O)NC2=O)c2cc(F)c(N3CCC(O)CC3)cc21. The van der Waals surface area contributed by atoms with Crippen LogP contribution in [0.3, 0.4) is 0 Å². The van der Waals surface area contributed by atoms with Crippen molar-refractivity contribution in [3.8, 4) is 0 Å². The Morgan fingerprint density at radius 3 is 2.65 bits per heavy atom. The number of rotatable bonds is 2. The van der Waals surface area contributed by atoms with Crippen LogP contribution in [-0.4, -0.2) is 52.6 Å². The second-order valence-electron chi connectivity index (χ2n) is 6.74. The van der Waals surface area contributed by atoms with Crippen molar-refractivity contribution in [1.82, 2.24) is 15.1 Å².